The third-order valence-electron chi connectivity index (χ3n) is 4.64. The van der Waals surface area contributed by atoms with Gasteiger partial charge in [0.05, 0.1) is 6.54 Å². The van der Waals surface area contributed by atoms with Gasteiger partial charge in [-0.05, 0) is 24.6 Å². The van der Waals surface area contributed by atoms with Crippen LogP contribution >= 0.6 is 0 Å². The van der Waals surface area contributed by atoms with Gasteiger partial charge in [0.15, 0.2) is 0 Å². The van der Waals surface area contributed by atoms with Crippen molar-refractivity contribution in [3.05, 3.63) is 29.8 Å². The fourth-order valence-electron chi connectivity index (χ4n) is 3.00. The largest absolute Gasteiger partial charge is 0.385 e. The number of urea groups is 1. The van der Waals surface area contributed by atoms with Crippen molar-refractivity contribution in [2.75, 3.05) is 72.4 Å². The summed E-state index contributed by atoms with van der Waals surface area (Å²) in [5.74, 6) is -0.128. The molecule has 9 heteroatoms. The molecular weight excluding hydrogens is 374 g/mol. The van der Waals surface area contributed by atoms with Crippen LogP contribution in [0.4, 0.5) is 10.5 Å². The third kappa shape index (κ3) is 7.35. The molecule has 1 fully saturated rings. The second-order valence-electron chi connectivity index (χ2n) is 7.17. The van der Waals surface area contributed by atoms with Crippen LogP contribution in [0.2, 0.25) is 0 Å². The molecule has 0 unspecified atom stereocenters. The first-order valence-electron chi connectivity index (χ1n) is 9.76. The van der Waals surface area contributed by atoms with E-state index in [1.54, 1.807) is 50.4 Å². The van der Waals surface area contributed by atoms with Crippen molar-refractivity contribution in [1.82, 2.24) is 20.0 Å². The van der Waals surface area contributed by atoms with Crippen LogP contribution in [0.25, 0.3) is 0 Å². The van der Waals surface area contributed by atoms with E-state index >= 15 is 0 Å². The predicted molar refractivity (Wildman–Crippen MR) is 111 cm³/mol. The Morgan fingerprint density at radius 3 is 2.52 bits per heavy atom. The van der Waals surface area contributed by atoms with E-state index in [1.807, 2.05) is 4.90 Å². The van der Waals surface area contributed by atoms with Gasteiger partial charge in [-0.15, -0.1) is 0 Å². The van der Waals surface area contributed by atoms with Crippen LogP contribution in [0.5, 0.6) is 0 Å². The lowest BCUT2D eigenvalue weighted by atomic mass is 10.2. The molecule has 160 valence electrons. The SMILES string of the molecule is COCCCNC(=O)CN1CCN(C(=O)Nc2cccc(C(=O)N(C)C)c2)CC1. The fraction of sp³-hybridized carbons (Fsp3) is 0.550. The Labute approximate surface area is 172 Å². The van der Waals surface area contributed by atoms with Gasteiger partial charge in [-0.2, -0.15) is 0 Å². The average Bonchev–Trinajstić information content (AvgIpc) is 2.71. The predicted octanol–water partition coefficient (Wildman–Crippen LogP) is 0.691. The van der Waals surface area contributed by atoms with Crippen molar-refractivity contribution in [3.8, 4) is 0 Å². The maximum atomic E-state index is 12.5. The summed E-state index contributed by atoms with van der Waals surface area (Å²) >= 11 is 0. The van der Waals surface area contributed by atoms with Gasteiger partial charge >= 0.3 is 6.03 Å². The van der Waals surface area contributed by atoms with Crippen LogP contribution in [0, 0.1) is 0 Å². The Morgan fingerprint density at radius 1 is 1.14 bits per heavy atom. The molecule has 4 amide bonds. The molecule has 1 aromatic carbocycles. The Kier molecular flexibility index (Phi) is 8.88. The first-order chi connectivity index (χ1) is 13.9. The highest BCUT2D eigenvalue weighted by atomic mass is 16.5. The summed E-state index contributed by atoms with van der Waals surface area (Å²) in [4.78, 5) is 41.8. The molecule has 0 atom stereocenters. The second-order valence-corrected chi connectivity index (χ2v) is 7.17. The minimum absolute atomic E-state index is 0.0126. The number of anilines is 1. The Bertz CT molecular complexity index is 702. The van der Waals surface area contributed by atoms with Crippen molar-refractivity contribution in [3.63, 3.8) is 0 Å². The van der Waals surface area contributed by atoms with E-state index in [0.717, 1.165) is 6.42 Å². The zero-order chi connectivity index (χ0) is 21.2. The van der Waals surface area contributed by atoms with Crippen molar-refractivity contribution in [2.24, 2.45) is 0 Å². The molecule has 1 aromatic rings. The summed E-state index contributed by atoms with van der Waals surface area (Å²) in [5, 5.41) is 5.72. The number of carbonyl (C=O) groups is 3. The smallest absolute Gasteiger partial charge is 0.321 e. The number of amides is 4. The van der Waals surface area contributed by atoms with Crippen molar-refractivity contribution < 1.29 is 19.1 Å². The number of nitrogens with zero attached hydrogens (tertiary/aromatic N) is 3. The number of piperazine rings is 1. The molecule has 1 aliphatic rings. The second kappa shape index (κ2) is 11.4. The third-order valence-corrected chi connectivity index (χ3v) is 4.64. The summed E-state index contributed by atoms with van der Waals surface area (Å²) in [6.45, 7) is 3.91. The van der Waals surface area contributed by atoms with E-state index in [2.05, 4.69) is 10.6 Å². The van der Waals surface area contributed by atoms with E-state index in [0.29, 0.717) is 57.1 Å². The lowest BCUT2D eigenvalue weighted by molar-refractivity contribution is -0.122. The molecule has 2 N–H and O–H groups in total. The van der Waals surface area contributed by atoms with Crippen LogP contribution in [-0.2, 0) is 9.53 Å². The molecular formula is C20H31N5O4. The molecule has 2 rings (SSSR count). The molecule has 1 aliphatic heterocycles. The normalized spacial score (nSPS) is 14.4. The minimum atomic E-state index is -0.205. The molecule has 0 spiro atoms. The average molecular weight is 405 g/mol. The van der Waals surface area contributed by atoms with Gasteiger partial charge < -0.3 is 25.2 Å². The number of hydrogen-bond donors (Lipinski definition) is 2. The van der Waals surface area contributed by atoms with Gasteiger partial charge in [-0.3, -0.25) is 14.5 Å². The molecule has 0 saturated carbocycles. The van der Waals surface area contributed by atoms with Crippen LogP contribution in [0.3, 0.4) is 0 Å². The summed E-state index contributed by atoms with van der Waals surface area (Å²) in [7, 11) is 5.01. The number of rotatable bonds is 8. The van der Waals surface area contributed by atoms with Crippen LogP contribution in [0.1, 0.15) is 16.8 Å². The van der Waals surface area contributed by atoms with Gasteiger partial charge in [-0.25, -0.2) is 4.79 Å². The first-order valence-corrected chi connectivity index (χ1v) is 9.76. The summed E-state index contributed by atoms with van der Waals surface area (Å²) in [6, 6.07) is 6.69. The van der Waals surface area contributed by atoms with Crippen molar-refractivity contribution >= 4 is 23.5 Å². The minimum Gasteiger partial charge on any atom is -0.385 e. The Morgan fingerprint density at radius 2 is 1.86 bits per heavy atom. The van der Waals surface area contributed by atoms with Gasteiger partial charge in [0, 0.05) is 71.8 Å². The standard InChI is InChI=1S/C20H31N5O4/c1-23(2)19(27)16-6-4-7-17(14-16)22-20(28)25-11-9-24(10-12-25)15-18(26)21-8-5-13-29-3/h4,6-7,14H,5,8-13,15H2,1-3H3,(H,21,26)(H,22,28). The molecule has 9 nitrogen and oxygen atoms in total. The van der Waals surface area contributed by atoms with E-state index in [1.165, 1.54) is 4.90 Å². The molecule has 0 radical (unpaired) electrons. The van der Waals surface area contributed by atoms with Crippen molar-refractivity contribution in [2.45, 2.75) is 6.42 Å². The van der Waals surface area contributed by atoms with Gasteiger partial charge in [0.2, 0.25) is 5.91 Å². The maximum Gasteiger partial charge on any atom is 0.321 e. The van der Waals surface area contributed by atoms with Gasteiger partial charge in [0.1, 0.15) is 0 Å². The number of carbonyl (C=O) groups excluding carboxylic acids is 3. The highest BCUT2D eigenvalue weighted by Gasteiger charge is 2.22. The lowest BCUT2D eigenvalue weighted by Crippen LogP contribution is -2.52. The summed E-state index contributed by atoms with van der Waals surface area (Å²) in [6.07, 6.45) is 0.789. The molecule has 1 saturated heterocycles. The lowest BCUT2D eigenvalue weighted by Gasteiger charge is -2.34. The zero-order valence-electron chi connectivity index (χ0n) is 17.4. The highest BCUT2D eigenvalue weighted by Crippen LogP contribution is 2.13. The van der Waals surface area contributed by atoms with Crippen molar-refractivity contribution in [1.29, 1.82) is 0 Å². The molecule has 1 heterocycles. The molecule has 0 aliphatic carbocycles. The first kappa shape index (κ1) is 22.6. The van der Waals surface area contributed by atoms with E-state index in [4.69, 9.17) is 4.74 Å². The number of ether oxygens (including phenoxy) is 1. The molecule has 29 heavy (non-hydrogen) atoms. The van der Waals surface area contributed by atoms with Crippen LogP contribution in [-0.4, -0.2) is 99.6 Å². The topological polar surface area (TPSA) is 94.2 Å². The van der Waals surface area contributed by atoms with Crippen LogP contribution < -0.4 is 10.6 Å². The number of hydrogen-bond acceptors (Lipinski definition) is 5. The molecule has 0 bridgehead atoms. The summed E-state index contributed by atoms with van der Waals surface area (Å²) in [5.41, 5.74) is 1.11. The van der Waals surface area contributed by atoms with E-state index in [9.17, 15) is 14.4 Å². The number of benzene rings is 1. The summed E-state index contributed by atoms with van der Waals surface area (Å²) < 4.78 is 4.96. The quantitative estimate of drug-likeness (QED) is 0.621. The van der Waals surface area contributed by atoms with E-state index in [-0.39, 0.29) is 17.8 Å². The van der Waals surface area contributed by atoms with Gasteiger partial charge in [-0.1, -0.05) is 6.07 Å². The number of nitrogens with one attached hydrogen (secondary N) is 2. The Hall–Kier alpha value is -2.65. The monoisotopic (exact) mass is 405 g/mol. The van der Waals surface area contributed by atoms with Gasteiger partial charge in [0.25, 0.3) is 5.91 Å². The number of methoxy groups -OCH3 is 1. The maximum absolute atomic E-state index is 12.5. The zero-order valence-corrected chi connectivity index (χ0v) is 17.4. The fourth-order valence-corrected chi connectivity index (χ4v) is 3.00. The van der Waals surface area contributed by atoms with E-state index < -0.39 is 0 Å². The Balaban J connectivity index is 1.77. The highest BCUT2D eigenvalue weighted by molar-refractivity contribution is 5.96. The molecule has 0 aromatic heterocycles. The van der Waals surface area contributed by atoms with Crippen LogP contribution in [0.15, 0.2) is 24.3 Å².